The van der Waals surface area contributed by atoms with E-state index in [1.54, 1.807) is 0 Å². The highest BCUT2D eigenvalue weighted by Gasteiger charge is 2.64. The topological polar surface area (TPSA) is 40.6 Å². The van der Waals surface area contributed by atoms with E-state index in [1.807, 2.05) is 46.6 Å². The number of carbonyl (C=O) groups excluding carboxylic acids is 2. The third-order valence-electron chi connectivity index (χ3n) is 6.46. The zero-order valence-corrected chi connectivity index (χ0v) is 17.6. The number of fused-ring (bicyclic) bond motifs is 4. The molecule has 3 aliphatic heterocycles. The summed E-state index contributed by atoms with van der Waals surface area (Å²) in [5, 5.41) is 0. The second-order valence-electron chi connectivity index (χ2n) is 7.65. The number of benzene rings is 2. The number of piperazine rings is 1. The van der Waals surface area contributed by atoms with E-state index in [2.05, 4.69) is 24.3 Å². The van der Waals surface area contributed by atoms with Crippen LogP contribution in [0.4, 0.5) is 0 Å². The third kappa shape index (κ3) is 2.22. The van der Waals surface area contributed by atoms with Crippen LogP contribution in [0.5, 0.6) is 0 Å². The Morgan fingerprint density at radius 2 is 1.04 bits per heavy atom. The second-order valence-corrected chi connectivity index (χ2v) is 9.82. The maximum absolute atomic E-state index is 14.0. The van der Waals surface area contributed by atoms with Gasteiger partial charge in [0.2, 0.25) is 0 Å². The van der Waals surface area contributed by atoms with Crippen LogP contribution in [0.15, 0.2) is 48.5 Å². The van der Waals surface area contributed by atoms with Crippen molar-refractivity contribution in [2.45, 2.75) is 35.7 Å². The highest BCUT2D eigenvalue weighted by Crippen LogP contribution is 2.51. The molecule has 0 spiro atoms. The lowest BCUT2D eigenvalue weighted by Gasteiger charge is -2.59. The van der Waals surface area contributed by atoms with Crippen LogP contribution in [-0.4, -0.2) is 43.9 Å². The fourth-order valence-corrected chi connectivity index (χ4v) is 6.79. The molecule has 3 heterocycles. The fourth-order valence-electron chi connectivity index (χ4n) is 4.89. The zero-order chi connectivity index (χ0) is 19.5. The second kappa shape index (κ2) is 6.29. The molecule has 0 saturated carbocycles. The maximum atomic E-state index is 14.0. The van der Waals surface area contributed by atoms with E-state index in [-0.39, 0.29) is 11.8 Å². The molecule has 3 aliphatic rings. The Morgan fingerprint density at radius 3 is 1.39 bits per heavy atom. The van der Waals surface area contributed by atoms with Crippen LogP contribution in [-0.2, 0) is 35.5 Å². The SMILES string of the molecule is CS[C@]12Cc3ccccc3CN1C(=O)[C@@]1(SC)Cc3ccccc3CN1C2=O. The average Bonchev–Trinajstić information content (AvgIpc) is 2.75. The van der Waals surface area contributed by atoms with Crippen molar-refractivity contribution in [2.75, 3.05) is 12.5 Å². The van der Waals surface area contributed by atoms with E-state index < -0.39 is 9.74 Å². The summed E-state index contributed by atoms with van der Waals surface area (Å²) in [4.78, 5) is 30.0. The number of hydrogen-bond acceptors (Lipinski definition) is 4. The minimum Gasteiger partial charge on any atom is -0.312 e. The Hall–Kier alpha value is -1.92. The van der Waals surface area contributed by atoms with Crippen LogP contribution in [0.25, 0.3) is 0 Å². The molecular weight excluding hydrogens is 388 g/mol. The molecule has 0 bridgehead atoms. The molecule has 0 aliphatic carbocycles. The van der Waals surface area contributed by atoms with Gasteiger partial charge in [0, 0.05) is 25.9 Å². The highest BCUT2D eigenvalue weighted by atomic mass is 32.2. The average molecular weight is 411 g/mol. The molecule has 0 unspecified atom stereocenters. The predicted octanol–water partition coefficient (Wildman–Crippen LogP) is 3.29. The first-order valence-electron chi connectivity index (χ1n) is 9.44. The summed E-state index contributed by atoms with van der Waals surface area (Å²) in [6.45, 7) is 0.999. The molecular formula is C22H22N2O2S2. The van der Waals surface area contributed by atoms with Crippen LogP contribution in [0, 0.1) is 0 Å². The molecule has 144 valence electrons. The van der Waals surface area contributed by atoms with Crippen LogP contribution >= 0.6 is 23.5 Å². The van der Waals surface area contributed by atoms with Gasteiger partial charge in [-0.3, -0.25) is 9.59 Å². The summed E-state index contributed by atoms with van der Waals surface area (Å²) >= 11 is 3.01. The van der Waals surface area contributed by atoms with E-state index in [0.717, 1.165) is 11.1 Å². The highest BCUT2D eigenvalue weighted by molar-refractivity contribution is 8.01. The Kier molecular flexibility index (Phi) is 4.07. The number of thioether (sulfide) groups is 2. The van der Waals surface area contributed by atoms with Crippen LogP contribution < -0.4 is 0 Å². The van der Waals surface area contributed by atoms with Gasteiger partial charge in [-0.2, -0.15) is 0 Å². The number of rotatable bonds is 2. The van der Waals surface area contributed by atoms with Crippen molar-refractivity contribution < 1.29 is 9.59 Å². The minimum absolute atomic E-state index is 0.0676. The molecule has 1 fully saturated rings. The predicted molar refractivity (Wildman–Crippen MR) is 114 cm³/mol. The first kappa shape index (κ1) is 18.1. The molecule has 2 amide bonds. The monoisotopic (exact) mass is 410 g/mol. The molecule has 1 saturated heterocycles. The van der Waals surface area contributed by atoms with Crippen molar-refractivity contribution in [1.29, 1.82) is 0 Å². The van der Waals surface area contributed by atoms with Gasteiger partial charge in [0.05, 0.1) is 0 Å². The van der Waals surface area contributed by atoms with Gasteiger partial charge in [0.15, 0.2) is 9.74 Å². The fraction of sp³-hybridized carbons (Fsp3) is 0.364. The molecule has 0 N–H and O–H groups in total. The quantitative estimate of drug-likeness (QED) is 0.762. The largest absolute Gasteiger partial charge is 0.312 e. The molecule has 5 rings (SSSR count). The Morgan fingerprint density at radius 1 is 0.679 bits per heavy atom. The Labute approximate surface area is 173 Å². The lowest BCUT2D eigenvalue weighted by molar-refractivity contribution is -0.169. The van der Waals surface area contributed by atoms with E-state index in [0.29, 0.717) is 25.9 Å². The molecule has 2 atom stereocenters. The molecule has 2 aromatic rings. The van der Waals surface area contributed by atoms with Crippen LogP contribution in [0.1, 0.15) is 22.3 Å². The summed E-state index contributed by atoms with van der Waals surface area (Å²) in [5.74, 6) is 0.135. The van der Waals surface area contributed by atoms with E-state index in [4.69, 9.17) is 0 Å². The van der Waals surface area contributed by atoms with Crippen molar-refractivity contribution in [3.05, 3.63) is 70.8 Å². The van der Waals surface area contributed by atoms with E-state index in [9.17, 15) is 9.59 Å². The number of hydrogen-bond donors (Lipinski definition) is 0. The molecule has 6 heteroatoms. The van der Waals surface area contributed by atoms with Gasteiger partial charge in [-0.1, -0.05) is 48.5 Å². The van der Waals surface area contributed by atoms with Crippen LogP contribution in [0.3, 0.4) is 0 Å². The van der Waals surface area contributed by atoms with Gasteiger partial charge in [0.1, 0.15) is 0 Å². The maximum Gasteiger partial charge on any atom is 0.261 e. The number of amides is 2. The minimum atomic E-state index is -0.850. The molecule has 0 radical (unpaired) electrons. The van der Waals surface area contributed by atoms with Crippen molar-refractivity contribution in [2.24, 2.45) is 0 Å². The molecule has 28 heavy (non-hydrogen) atoms. The summed E-state index contributed by atoms with van der Waals surface area (Å²) in [6.07, 6.45) is 5.04. The first-order valence-corrected chi connectivity index (χ1v) is 11.9. The van der Waals surface area contributed by atoms with Gasteiger partial charge in [-0.05, 0) is 34.8 Å². The number of nitrogens with zero attached hydrogens (tertiary/aromatic N) is 2. The molecule has 4 nitrogen and oxygen atoms in total. The Balaban J connectivity index is 1.68. The van der Waals surface area contributed by atoms with Gasteiger partial charge >= 0.3 is 0 Å². The normalized spacial score (nSPS) is 28.4. The standard InChI is InChI=1S/C22H22N2O2S2/c1-27-21-11-15-7-3-5-9-17(15)13-23(21)20(26)22(28-2)12-16-8-4-6-10-18(16)14-24(22)19(21)25/h3-10H,11-14H2,1-2H3/t21-,22-/m0/s1. The van der Waals surface area contributed by atoms with Crippen molar-refractivity contribution in [3.8, 4) is 0 Å². The smallest absolute Gasteiger partial charge is 0.261 e. The van der Waals surface area contributed by atoms with Crippen molar-refractivity contribution >= 4 is 35.3 Å². The van der Waals surface area contributed by atoms with Gasteiger partial charge in [-0.25, -0.2) is 0 Å². The zero-order valence-electron chi connectivity index (χ0n) is 16.0. The molecule has 0 aromatic heterocycles. The van der Waals surface area contributed by atoms with Crippen molar-refractivity contribution in [1.82, 2.24) is 9.80 Å². The third-order valence-corrected chi connectivity index (χ3v) is 8.89. The van der Waals surface area contributed by atoms with Gasteiger partial charge < -0.3 is 9.80 Å². The van der Waals surface area contributed by atoms with Gasteiger partial charge in [-0.15, -0.1) is 23.5 Å². The summed E-state index contributed by atoms with van der Waals surface area (Å²) in [7, 11) is 0. The number of carbonyl (C=O) groups is 2. The van der Waals surface area contributed by atoms with E-state index in [1.165, 1.54) is 34.7 Å². The lowest BCUT2D eigenvalue weighted by atomic mass is 9.84. The lowest BCUT2D eigenvalue weighted by Crippen LogP contribution is -2.76. The summed E-state index contributed by atoms with van der Waals surface area (Å²) in [6, 6.07) is 16.4. The van der Waals surface area contributed by atoms with Crippen LogP contribution in [0.2, 0.25) is 0 Å². The van der Waals surface area contributed by atoms with Crippen molar-refractivity contribution in [3.63, 3.8) is 0 Å². The summed E-state index contributed by atoms with van der Waals surface area (Å²) < 4.78 is 0. The summed E-state index contributed by atoms with van der Waals surface area (Å²) in [5.41, 5.74) is 4.63. The molecule has 2 aromatic carbocycles. The van der Waals surface area contributed by atoms with E-state index >= 15 is 0 Å². The first-order chi connectivity index (χ1) is 13.6. The Bertz CT molecular complexity index is 915. The van der Waals surface area contributed by atoms with Gasteiger partial charge in [0.25, 0.3) is 11.8 Å².